The molecule has 184 valence electrons. The number of nitrogens with zero attached hydrogens (tertiary/aromatic N) is 4. The lowest BCUT2D eigenvalue weighted by Crippen LogP contribution is -2.51. The number of benzene rings is 1. The van der Waals surface area contributed by atoms with Gasteiger partial charge >= 0.3 is 0 Å². The molecule has 0 saturated heterocycles. The van der Waals surface area contributed by atoms with Gasteiger partial charge in [-0.3, -0.25) is 9.59 Å². The Hall–Kier alpha value is -3.44. The van der Waals surface area contributed by atoms with E-state index in [1.165, 1.54) is 0 Å². The summed E-state index contributed by atoms with van der Waals surface area (Å²) in [6, 6.07) is 10.6. The molecule has 0 bridgehead atoms. The second-order valence-electron chi connectivity index (χ2n) is 9.74. The van der Waals surface area contributed by atoms with Gasteiger partial charge in [-0.05, 0) is 43.5 Å². The second kappa shape index (κ2) is 10.4. The fourth-order valence-corrected chi connectivity index (χ4v) is 4.57. The van der Waals surface area contributed by atoms with Crippen molar-refractivity contribution < 1.29 is 19.4 Å². The van der Waals surface area contributed by atoms with E-state index in [-0.39, 0.29) is 42.2 Å². The normalized spacial score (nSPS) is 21.0. The zero-order valence-corrected chi connectivity index (χ0v) is 20.5. The predicted octanol–water partition coefficient (Wildman–Crippen LogP) is 3.10. The Morgan fingerprint density at radius 3 is 2.77 bits per heavy atom. The Bertz CT molecular complexity index is 1140. The van der Waals surface area contributed by atoms with Crippen molar-refractivity contribution in [2.75, 3.05) is 26.7 Å². The number of aromatic nitrogens is 1. The van der Waals surface area contributed by atoms with E-state index < -0.39 is 6.04 Å². The molecule has 1 aromatic heterocycles. The second-order valence-corrected chi connectivity index (χ2v) is 9.74. The van der Waals surface area contributed by atoms with E-state index in [1.54, 1.807) is 47.3 Å². The molecule has 8 heteroatoms. The summed E-state index contributed by atoms with van der Waals surface area (Å²) in [6.07, 6.45) is 4.22. The number of hydrogen-bond donors (Lipinski definition) is 1. The fraction of sp³-hybridized carbons (Fsp3) is 0.481. The van der Waals surface area contributed by atoms with Crippen LogP contribution in [-0.2, 0) is 4.79 Å². The molecule has 1 N–H and O–H groups in total. The van der Waals surface area contributed by atoms with Crippen LogP contribution in [0, 0.1) is 23.2 Å². The number of aliphatic hydroxyl groups excluding tert-OH is 1. The molecule has 3 atom stereocenters. The Morgan fingerprint density at radius 1 is 1.34 bits per heavy atom. The van der Waals surface area contributed by atoms with Gasteiger partial charge in [0.1, 0.15) is 11.7 Å². The molecule has 0 unspecified atom stereocenters. The molecule has 8 nitrogen and oxygen atoms in total. The van der Waals surface area contributed by atoms with Gasteiger partial charge in [-0.15, -0.1) is 0 Å². The molecule has 2 amide bonds. The number of aliphatic hydroxyl groups is 1. The average molecular weight is 477 g/mol. The van der Waals surface area contributed by atoms with Crippen molar-refractivity contribution in [2.24, 2.45) is 11.8 Å². The Morgan fingerprint density at radius 2 is 2.11 bits per heavy atom. The van der Waals surface area contributed by atoms with Gasteiger partial charge in [0.05, 0.1) is 30.8 Å². The van der Waals surface area contributed by atoms with Gasteiger partial charge in [-0.25, -0.2) is 4.98 Å². The summed E-state index contributed by atoms with van der Waals surface area (Å²) in [5.74, 6) is 0.0783. The number of fused-ring (bicyclic) bond motifs is 1. The van der Waals surface area contributed by atoms with Crippen LogP contribution in [-0.4, -0.2) is 70.6 Å². The van der Waals surface area contributed by atoms with E-state index in [9.17, 15) is 20.0 Å². The van der Waals surface area contributed by atoms with Gasteiger partial charge in [0.2, 0.25) is 11.8 Å². The molecule has 2 aliphatic rings. The standard InChI is InChI=1S/C27H32N4O4/c1-17-14-31(18(2)16-32)27(34)23-11-22(21-9-4-6-19(10-21)12-28)13-29-25(23)35-24(17)15-30(3)26(33)20-7-5-8-20/h4,6,9-11,13,17-18,20,24,32H,5,7-8,14-16H2,1-3H3/t17-,18+,24-/m0/s1. The monoisotopic (exact) mass is 476 g/mol. The van der Waals surface area contributed by atoms with Gasteiger partial charge in [-0.1, -0.05) is 25.5 Å². The van der Waals surface area contributed by atoms with Crippen LogP contribution >= 0.6 is 0 Å². The van der Waals surface area contributed by atoms with E-state index in [1.807, 2.05) is 19.9 Å². The molecule has 1 fully saturated rings. The summed E-state index contributed by atoms with van der Waals surface area (Å²) in [6.45, 7) is 4.39. The molecule has 35 heavy (non-hydrogen) atoms. The number of amides is 2. The third kappa shape index (κ3) is 5.15. The Balaban J connectivity index is 1.69. The number of hydrogen-bond acceptors (Lipinski definition) is 6. The van der Waals surface area contributed by atoms with Gasteiger partial charge in [0.25, 0.3) is 5.91 Å². The van der Waals surface area contributed by atoms with Crippen molar-refractivity contribution >= 4 is 11.8 Å². The van der Waals surface area contributed by atoms with Crippen LogP contribution in [0.4, 0.5) is 0 Å². The first kappa shape index (κ1) is 24.7. The summed E-state index contributed by atoms with van der Waals surface area (Å²) in [5.41, 5.74) is 2.28. The van der Waals surface area contributed by atoms with Crippen LogP contribution in [0.25, 0.3) is 11.1 Å². The SMILES string of the molecule is C[C@H](CO)N1C[C@H](C)[C@H](CN(C)C(=O)C2CCC2)Oc2ncc(-c3cccc(C#N)c3)cc2C1=O. The van der Waals surface area contributed by atoms with Crippen molar-refractivity contribution in [3.05, 3.63) is 47.7 Å². The summed E-state index contributed by atoms with van der Waals surface area (Å²) < 4.78 is 6.30. The molecule has 0 spiro atoms. The minimum Gasteiger partial charge on any atom is -0.472 e. The van der Waals surface area contributed by atoms with E-state index in [0.29, 0.717) is 29.8 Å². The number of carbonyl (C=O) groups is 2. The van der Waals surface area contributed by atoms with E-state index >= 15 is 0 Å². The summed E-state index contributed by atoms with van der Waals surface area (Å²) in [7, 11) is 1.80. The fourth-order valence-electron chi connectivity index (χ4n) is 4.57. The van der Waals surface area contributed by atoms with Crippen LogP contribution < -0.4 is 4.74 Å². The van der Waals surface area contributed by atoms with E-state index in [4.69, 9.17) is 4.74 Å². The molecule has 1 aliphatic heterocycles. The molecule has 2 aromatic rings. The number of pyridine rings is 1. The predicted molar refractivity (Wildman–Crippen MR) is 131 cm³/mol. The van der Waals surface area contributed by atoms with E-state index in [0.717, 1.165) is 24.8 Å². The molecule has 1 aliphatic carbocycles. The number of rotatable bonds is 6. The highest BCUT2D eigenvalue weighted by atomic mass is 16.5. The van der Waals surface area contributed by atoms with Crippen molar-refractivity contribution in [3.8, 4) is 23.1 Å². The molecule has 1 saturated carbocycles. The topological polar surface area (TPSA) is 107 Å². The highest BCUT2D eigenvalue weighted by Crippen LogP contribution is 2.32. The van der Waals surface area contributed by atoms with Crippen molar-refractivity contribution in [1.82, 2.24) is 14.8 Å². The third-order valence-electron chi connectivity index (χ3n) is 7.13. The van der Waals surface area contributed by atoms with Crippen molar-refractivity contribution in [2.45, 2.75) is 45.3 Å². The maximum Gasteiger partial charge on any atom is 0.259 e. The number of nitriles is 1. The van der Waals surface area contributed by atoms with Gasteiger partial charge < -0.3 is 19.6 Å². The summed E-state index contributed by atoms with van der Waals surface area (Å²) in [4.78, 5) is 34.2. The van der Waals surface area contributed by atoms with Crippen LogP contribution in [0.2, 0.25) is 0 Å². The highest BCUT2D eigenvalue weighted by molar-refractivity contribution is 5.98. The van der Waals surface area contributed by atoms with Crippen LogP contribution in [0.5, 0.6) is 5.88 Å². The smallest absolute Gasteiger partial charge is 0.259 e. The minimum absolute atomic E-state index is 0.0912. The molecular weight excluding hydrogens is 444 g/mol. The highest BCUT2D eigenvalue weighted by Gasteiger charge is 2.36. The molecule has 1 aromatic carbocycles. The first-order valence-corrected chi connectivity index (χ1v) is 12.2. The zero-order valence-electron chi connectivity index (χ0n) is 20.5. The quantitative estimate of drug-likeness (QED) is 0.687. The van der Waals surface area contributed by atoms with E-state index in [2.05, 4.69) is 11.1 Å². The summed E-state index contributed by atoms with van der Waals surface area (Å²) in [5, 5.41) is 19.1. The van der Waals surface area contributed by atoms with Crippen molar-refractivity contribution in [1.29, 1.82) is 5.26 Å². The van der Waals surface area contributed by atoms with Gasteiger partial charge in [-0.2, -0.15) is 5.26 Å². The Labute approximate surface area is 206 Å². The largest absolute Gasteiger partial charge is 0.472 e. The maximum atomic E-state index is 13.6. The maximum absolute atomic E-state index is 13.6. The van der Waals surface area contributed by atoms with Crippen LogP contribution in [0.1, 0.15) is 49.0 Å². The lowest BCUT2D eigenvalue weighted by Gasteiger charge is -2.38. The number of carbonyl (C=O) groups excluding carboxylic acids is 2. The molecule has 4 rings (SSSR count). The lowest BCUT2D eigenvalue weighted by atomic mass is 9.84. The Kier molecular flexibility index (Phi) is 7.37. The van der Waals surface area contributed by atoms with Gasteiger partial charge in [0.15, 0.2) is 0 Å². The number of ether oxygens (including phenoxy) is 1. The first-order valence-electron chi connectivity index (χ1n) is 12.2. The molecule has 0 radical (unpaired) electrons. The molecule has 2 heterocycles. The minimum atomic E-state index is -0.392. The van der Waals surface area contributed by atoms with Crippen LogP contribution in [0.3, 0.4) is 0 Å². The number of likely N-dealkylation sites (N-methyl/N-ethyl adjacent to an activating group) is 1. The third-order valence-corrected chi connectivity index (χ3v) is 7.13. The summed E-state index contributed by atoms with van der Waals surface area (Å²) >= 11 is 0. The van der Waals surface area contributed by atoms with Gasteiger partial charge in [0, 0.05) is 37.2 Å². The zero-order chi connectivity index (χ0) is 25.1. The average Bonchev–Trinajstić information content (AvgIpc) is 2.84. The lowest BCUT2D eigenvalue weighted by molar-refractivity contribution is -0.138. The van der Waals surface area contributed by atoms with Crippen molar-refractivity contribution in [3.63, 3.8) is 0 Å². The first-order chi connectivity index (χ1) is 16.8. The van der Waals surface area contributed by atoms with Crippen LogP contribution in [0.15, 0.2) is 36.5 Å². The molecular formula is C27H32N4O4.